The maximum Gasteiger partial charge on any atom is 0.335 e. The number of sulfone groups is 1. The van der Waals surface area contributed by atoms with Crippen LogP contribution in [0.3, 0.4) is 0 Å². The van der Waals surface area contributed by atoms with E-state index in [1.54, 1.807) is 0 Å². The average molecular weight is 334 g/mol. The molecule has 1 fully saturated rings. The minimum Gasteiger partial charge on any atom is -0.478 e. The SMILES string of the molecule is O=C(O)c1ccc(Cl)c(S(=O)(=O)CCN2CCOCC2)c1. The molecular formula is C13H16ClNO5S. The minimum absolute atomic E-state index is 0.0435. The number of hydrogen-bond acceptors (Lipinski definition) is 5. The summed E-state index contributed by atoms with van der Waals surface area (Å²) in [5.74, 6) is -1.29. The molecule has 0 aliphatic carbocycles. The number of morpholine rings is 1. The number of hydrogen-bond donors (Lipinski definition) is 1. The molecule has 0 amide bonds. The first kappa shape index (κ1) is 16.2. The summed E-state index contributed by atoms with van der Waals surface area (Å²) in [5.41, 5.74) is -0.0932. The summed E-state index contributed by atoms with van der Waals surface area (Å²) < 4.78 is 29.9. The van der Waals surface area contributed by atoms with Crippen LogP contribution in [0.4, 0.5) is 0 Å². The predicted octanol–water partition coefficient (Wildman–Crippen LogP) is 1.14. The topological polar surface area (TPSA) is 83.9 Å². The van der Waals surface area contributed by atoms with Crippen LogP contribution >= 0.6 is 11.6 Å². The van der Waals surface area contributed by atoms with Crippen LogP contribution in [0.15, 0.2) is 23.1 Å². The first-order chi connectivity index (χ1) is 9.90. The largest absolute Gasteiger partial charge is 0.478 e. The lowest BCUT2D eigenvalue weighted by Crippen LogP contribution is -2.39. The number of ether oxygens (including phenoxy) is 1. The van der Waals surface area contributed by atoms with Crippen molar-refractivity contribution in [3.05, 3.63) is 28.8 Å². The van der Waals surface area contributed by atoms with Crippen molar-refractivity contribution in [3.8, 4) is 0 Å². The van der Waals surface area contributed by atoms with Crippen molar-refractivity contribution < 1.29 is 23.1 Å². The predicted molar refractivity (Wildman–Crippen MR) is 77.7 cm³/mol. The van der Waals surface area contributed by atoms with Gasteiger partial charge in [-0.1, -0.05) is 11.6 Å². The minimum atomic E-state index is -3.62. The smallest absolute Gasteiger partial charge is 0.335 e. The molecule has 8 heteroatoms. The van der Waals surface area contributed by atoms with Gasteiger partial charge < -0.3 is 9.84 Å². The van der Waals surface area contributed by atoms with Gasteiger partial charge >= 0.3 is 5.97 Å². The Balaban J connectivity index is 2.14. The Morgan fingerprint density at radius 3 is 2.62 bits per heavy atom. The van der Waals surface area contributed by atoms with E-state index in [4.69, 9.17) is 21.4 Å². The third kappa shape index (κ3) is 4.16. The fourth-order valence-corrected chi connectivity index (χ4v) is 3.92. The van der Waals surface area contributed by atoms with Gasteiger partial charge in [-0.25, -0.2) is 13.2 Å². The molecule has 116 valence electrons. The fourth-order valence-electron chi connectivity index (χ4n) is 2.06. The number of carboxylic acids is 1. The van der Waals surface area contributed by atoms with E-state index in [2.05, 4.69) is 0 Å². The highest BCUT2D eigenvalue weighted by atomic mass is 35.5. The number of halogens is 1. The van der Waals surface area contributed by atoms with Gasteiger partial charge in [-0.15, -0.1) is 0 Å². The zero-order chi connectivity index (χ0) is 15.5. The van der Waals surface area contributed by atoms with E-state index in [1.165, 1.54) is 12.1 Å². The number of aromatic carboxylic acids is 1. The Labute approximate surface area is 128 Å². The summed E-state index contributed by atoms with van der Waals surface area (Å²) in [6.45, 7) is 2.95. The second kappa shape index (κ2) is 6.74. The highest BCUT2D eigenvalue weighted by molar-refractivity contribution is 7.91. The maximum atomic E-state index is 12.3. The third-order valence-electron chi connectivity index (χ3n) is 3.29. The van der Waals surface area contributed by atoms with Crippen LogP contribution in [0.2, 0.25) is 5.02 Å². The first-order valence-corrected chi connectivity index (χ1v) is 8.49. The van der Waals surface area contributed by atoms with Crippen LogP contribution in [0.5, 0.6) is 0 Å². The van der Waals surface area contributed by atoms with Gasteiger partial charge in [-0.2, -0.15) is 0 Å². The number of carboxylic acid groups (broad SMARTS) is 1. The van der Waals surface area contributed by atoms with Crippen molar-refractivity contribution in [1.29, 1.82) is 0 Å². The van der Waals surface area contributed by atoms with Gasteiger partial charge in [-0.3, -0.25) is 4.90 Å². The third-order valence-corrected chi connectivity index (χ3v) is 5.46. The van der Waals surface area contributed by atoms with E-state index in [0.717, 1.165) is 6.07 Å². The van der Waals surface area contributed by atoms with Gasteiger partial charge in [0, 0.05) is 19.6 Å². The molecule has 0 bridgehead atoms. The molecule has 0 atom stereocenters. The molecule has 0 radical (unpaired) electrons. The molecule has 21 heavy (non-hydrogen) atoms. The van der Waals surface area contributed by atoms with E-state index in [-0.39, 0.29) is 21.2 Å². The molecule has 2 rings (SSSR count). The zero-order valence-corrected chi connectivity index (χ0v) is 12.9. The average Bonchev–Trinajstić information content (AvgIpc) is 2.46. The highest BCUT2D eigenvalue weighted by Gasteiger charge is 2.22. The van der Waals surface area contributed by atoms with Crippen molar-refractivity contribution in [2.75, 3.05) is 38.6 Å². The second-order valence-corrected chi connectivity index (χ2v) is 7.21. The lowest BCUT2D eigenvalue weighted by atomic mass is 10.2. The highest BCUT2D eigenvalue weighted by Crippen LogP contribution is 2.24. The van der Waals surface area contributed by atoms with Crippen molar-refractivity contribution in [2.24, 2.45) is 0 Å². The second-order valence-electron chi connectivity index (χ2n) is 4.72. The van der Waals surface area contributed by atoms with Crippen molar-refractivity contribution in [1.82, 2.24) is 4.90 Å². The van der Waals surface area contributed by atoms with Gasteiger partial charge in [0.15, 0.2) is 9.84 Å². The van der Waals surface area contributed by atoms with Gasteiger partial charge in [0.25, 0.3) is 0 Å². The summed E-state index contributed by atoms with van der Waals surface area (Å²) >= 11 is 5.90. The van der Waals surface area contributed by atoms with Crippen molar-refractivity contribution in [2.45, 2.75) is 4.90 Å². The standard InChI is InChI=1S/C13H16ClNO5S/c14-11-2-1-10(13(16)17)9-12(11)21(18,19)8-5-15-3-6-20-7-4-15/h1-2,9H,3-8H2,(H,16,17). The van der Waals surface area contributed by atoms with Gasteiger partial charge in [-0.05, 0) is 18.2 Å². The lowest BCUT2D eigenvalue weighted by Gasteiger charge is -2.26. The fraction of sp³-hybridized carbons (Fsp3) is 0.462. The van der Waals surface area contributed by atoms with Gasteiger partial charge in [0.2, 0.25) is 0 Å². The molecule has 0 unspecified atom stereocenters. The molecule has 0 spiro atoms. The van der Waals surface area contributed by atoms with Crippen LogP contribution in [-0.2, 0) is 14.6 Å². The number of rotatable bonds is 5. The Morgan fingerprint density at radius 1 is 1.33 bits per heavy atom. The Bertz CT molecular complexity index is 625. The van der Waals surface area contributed by atoms with Crippen LogP contribution in [-0.4, -0.2) is 63.0 Å². The van der Waals surface area contributed by atoms with E-state index < -0.39 is 15.8 Å². The molecule has 1 N–H and O–H groups in total. The monoisotopic (exact) mass is 333 g/mol. The molecule has 1 aliphatic rings. The Morgan fingerprint density at radius 2 is 2.00 bits per heavy atom. The summed E-state index contributed by atoms with van der Waals surface area (Å²) in [6, 6.07) is 3.69. The maximum absolute atomic E-state index is 12.3. The quantitative estimate of drug-likeness (QED) is 0.870. The number of nitrogens with zero attached hydrogens (tertiary/aromatic N) is 1. The van der Waals surface area contributed by atoms with E-state index in [9.17, 15) is 13.2 Å². The van der Waals surface area contributed by atoms with Gasteiger partial charge in [0.1, 0.15) is 0 Å². The molecule has 0 aromatic heterocycles. The molecule has 1 saturated heterocycles. The van der Waals surface area contributed by atoms with E-state index in [0.29, 0.717) is 32.8 Å². The van der Waals surface area contributed by atoms with Crippen LogP contribution in [0, 0.1) is 0 Å². The van der Waals surface area contributed by atoms with Crippen molar-refractivity contribution >= 4 is 27.4 Å². The number of benzene rings is 1. The molecule has 1 aromatic rings. The van der Waals surface area contributed by atoms with E-state index >= 15 is 0 Å². The first-order valence-electron chi connectivity index (χ1n) is 6.46. The van der Waals surface area contributed by atoms with Crippen LogP contribution < -0.4 is 0 Å². The Kier molecular flexibility index (Phi) is 5.21. The van der Waals surface area contributed by atoms with E-state index in [1.807, 2.05) is 4.90 Å². The molecule has 1 heterocycles. The molecular weight excluding hydrogens is 318 g/mol. The van der Waals surface area contributed by atoms with Crippen molar-refractivity contribution in [3.63, 3.8) is 0 Å². The molecule has 6 nitrogen and oxygen atoms in total. The van der Waals surface area contributed by atoms with Gasteiger partial charge in [0.05, 0.1) is 34.4 Å². The molecule has 1 aromatic carbocycles. The summed E-state index contributed by atoms with van der Waals surface area (Å²) in [5, 5.41) is 8.98. The van der Waals surface area contributed by atoms with Crippen LogP contribution in [0.1, 0.15) is 10.4 Å². The number of carbonyl (C=O) groups is 1. The Hall–Kier alpha value is -1.15. The summed E-state index contributed by atoms with van der Waals surface area (Å²) in [6.07, 6.45) is 0. The summed E-state index contributed by atoms with van der Waals surface area (Å²) in [4.78, 5) is 12.8. The zero-order valence-electron chi connectivity index (χ0n) is 11.3. The lowest BCUT2D eigenvalue weighted by molar-refractivity contribution is 0.0408. The molecule has 1 aliphatic heterocycles. The summed E-state index contributed by atoms with van der Waals surface area (Å²) in [7, 11) is -3.62. The molecule has 0 saturated carbocycles. The van der Waals surface area contributed by atoms with Crippen LogP contribution in [0.25, 0.3) is 0 Å². The normalized spacial score (nSPS) is 16.8.